The van der Waals surface area contributed by atoms with Crippen LogP contribution in [0.5, 0.6) is 0 Å². The van der Waals surface area contributed by atoms with Gasteiger partial charge in [-0.25, -0.2) is 0 Å². The Morgan fingerprint density at radius 3 is 2.78 bits per heavy atom. The molecule has 3 unspecified atom stereocenters. The minimum absolute atomic E-state index is 0.508. The average molecular weight is 244 g/mol. The van der Waals surface area contributed by atoms with Gasteiger partial charge in [0, 0.05) is 37.8 Å². The van der Waals surface area contributed by atoms with Crippen LogP contribution in [-0.4, -0.2) is 43.3 Å². The topological polar surface area (TPSA) is 24.5 Å². The lowest BCUT2D eigenvalue weighted by Gasteiger charge is -2.33. The number of hydrogen-bond donors (Lipinski definition) is 1. The number of ether oxygens (including phenoxy) is 1. The zero-order valence-corrected chi connectivity index (χ0v) is 10.6. The van der Waals surface area contributed by atoms with Gasteiger partial charge >= 0.3 is 0 Å². The monoisotopic (exact) mass is 244 g/mol. The minimum atomic E-state index is 0.508. The Hall–Kier alpha value is -1.06. The summed E-state index contributed by atoms with van der Waals surface area (Å²) in [5.74, 6) is 0.652. The van der Waals surface area contributed by atoms with Gasteiger partial charge in [-0.2, -0.15) is 0 Å². The van der Waals surface area contributed by atoms with E-state index in [9.17, 15) is 0 Å². The van der Waals surface area contributed by atoms with Crippen molar-refractivity contribution < 1.29 is 4.74 Å². The summed E-state index contributed by atoms with van der Waals surface area (Å²) >= 11 is 0. The van der Waals surface area contributed by atoms with Crippen molar-refractivity contribution in [1.29, 1.82) is 0 Å². The van der Waals surface area contributed by atoms with Gasteiger partial charge in [0.15, 0.2) is 0 Å². The van der Waals surface area contributed by atoms with Crippen LogP contribution in [0.2, 0.25) is 0 Å². The number of benzene rings is 1. The SMILES string of the molecule is c1ccc2c(c1)NCC2CN1CC2CCC(C1)O2. The van der Waals surface area contributed by atoms with Crippen molar-refractivity contribution in [2.24, 2.45) is 0 Å². The Balaban J connectivity index is 1.47. The van der Waals surface area contributed by atoms with E-state index in [1.807, 2.05) is 0 Å². The number of fused-ring (bicyclic) bond motifs is 3. The van der Waals surface area contributed by atoms with E-state index in [4.69, 9.17) is 4.74 Å². The van der Waals surface area contributed by atoms with Crippen LogP contribution >= 0.6 is 0 Å². The third kappa shape index (κ3) is 1.82. The highest BCUT2D eigenvalue weighted by molar-refractivity contribution is 5.57. The smallest absolute Gasteiger partial charge is 0.0707 e. The average Bonchev–Trinajstić information content (AvgIpc) is 2.94. The predicted molar refractivity (Wildman–Crippen MR) is 72.0 cm³/mol. The number of nitrogens with one attached hydrogen (secondary N) is 1. The highest BCUT2D eigenvalue weighted by Crippen LogP contribution is 2.33. The van der Waals surface area contributed by atoms with Crippen LogP contribution < -0.4 is 5.32 Å². The molecule has 1 aromatic rings. The van der Waals surface area contributed by atoms with Gasteiger partial charge in [-0.15, -0.1) is 0 Å². The van der Waals surface area contributed by atoms with E-state index in [1.165, 1.54) is 30.6 Å². The molecule has 3 heteroatoms. The number of anilines is 1. The quantitative estimate of drug-likeness (QED) is 0.862. The highest BCUT2D eigenvalue weighted by Gasteiger charge is 2.35. The molecule has 0 aliphatic carbocycles. The molecule has 3 atom stereocenters. The molecule has 1 aromatic carbocycles. The van der Waals surface area contributed by atoms with Gasteiger partial charge < -0.3 is 10.1 Å². The molecular weight excluding hydrogens is 224 g/mol. The summed E-state index contributed by atoms with van der Waals surface area (Å²) in [4.78, 5) is 2.61. The third-order valence-corrected chi connectivity index (χ3v) is 4.54. The molecule has 96 valence electrons. The maximum atomic E-state index is 5.90. The first kappa shape index (κ1) is 10.8. The van der Waals surface area contributed by atoms with E-state index < -0.39 is 0 Å². The van der Waals surface area contributed by atoms with E-state index in [-0.39, 0.29) is 0 Å². The normalized spacial score (nSPS) is 34.3. The minimum Gasteiger partial charge on any atom is -0.384 e. The van der Waals surface area contributed by atoms with Crippen LogP contribution in [0.15, 0.2) is 24.3 Å². The van der Waals surface area contributed by atoms with Crippen molar-refractivity contribution in [3.05, 3.63) is 29.8 Å². The Kier molecular flexibility index (Phi) is 2.55. The maximum Gasteiger partial charge on any atom is 0.0707 e. The number of rotatable bonds is 2. The summed E-state index contributed by atoms with van der Waals surface area (Å²) in [6.45, 7) is 4.54. The fourth-order valence-electron chi connectivity index (χ4n) is 3.68. The van der Waals surface area contributed by atoms with E-state index in [1.54, 1.807) is 0 Å². The van der Waals surface area contributed by atoms with Crippen molar-refractivity contribution in [3.8, 4) is 0 Å². The number of morpholine rings is 1. The number of nitrogens with zero attached hydrogens (tertiary/aromatic N) is 1. The van der Waals surface area contributed by atoms with Crippen LogP contribution in [0.4, 0.5) is 5.69 Å². The molecule has 0 saturated carbocycles. The van der Waals surface area contributed by atoms with Gasteiger partial charge in [0.1, 0.15) is 0 Å². The standard InChI is InChI=1S/C15H20N2O/c1-2-4-15-14(3-1)11(7-16-15)8-17-9-12-5-6-13(10-17)18-12/h1-4,11-13,16H,5-10H2. The molecule has 2 saturated heterocycles. The van der Waals surface area contributed by atoms with Crippen LogP contribution in [0.25, 0.3) is 0 Å². The van der Waals surface area contributed by atoms with Gasteiger partial charge in [0.25, 0.3) is 0 Å². The zero-order chi connectivity index (χ0) is 11.9. The second-order valence-electron chi connectivity index (χ2n) is 5.84. The summed E-state index contributed by atoms with van der Waals surface area (Å²) < 4.78 is 5.90. The van der Waals surface area contributed by atoms with E-state index in [0.717, 1.165) is 19.6 Å². The lowest BCUT2D eigenvalue weighted by molar-refractivity contribution is -0.0394. The molecule has 3 heterocycles. The molecule has 1 N–H and O–H groups in total. The zero-order valence-electron chi connectivity index (χ0n) is 10.6. The van der Waals surface area contributed by atoms with Crippen LogP contribution in [0.3, 0.4) is 0 Å². The molecule has 2 bridgehead atoms. The van der Waals surface area contributed by atoms with Gasteiger partial charge in [-0.05, 0) is 24.5 Å². The van der Waals surface area contributed by atoms with Crippen LogP contribution in [0.1, 0.15) is 24.3 Å². The van der Waals surface area contributed by atoms with Crippen molar-refractivity contribution in [1.82, 2.24) is 4.90 Å². The number of likely N-dealkylation sites (tertiary alicyclic amines) is 1. The van der Waals surface area contributed by atoms with Crippen molar-refractivity contribution in [2.45, 2.75) is 31.0 Å². The first-order valence-corrected chi connectivity index (χ1v) is 7.09. The lowest BCUT2D eigenvalue weighted by atomic mass is 10.0. The molecule has 0 aromatic heterocycles. The first-order chi connectivity index (χ1) is 8.88. The summed E-state index contributed by atoms with van der Waals surface area (Å²) in [7, 11) is 0. The van der Waals surface area contributed by atoms with E-state index in [2.05, 4.69) is 34.5 Å². The van der Waals surface area contributed by atoms with Crippen molar-refractivity contribution >= 4 is 5.69 Å². The van der Waals surface area contributed by atoms with Gasteiger partial charge in [-0.1, -0.05) is 18.2 Å². The molecule has 4 rings (SSSR count). The molecule has 18 heavy (non-hydrogen) atoms. The highest BCUT2D eigenvalue weighted by atomic mass is 16.5. The second-order valence-corrected chi connectivity index (χ2v) is 5.84. The van der Waals surface area contributed by atoms with Crippen molar-refractivity contribution in [2.75, 3.05) is 31.5 Å². The predicted octanol–water partition coefficient (Wildman–Crippen LogP) is 2.06. The Morgan fingerprint density at radius 1 is 1.17 bits per heavy atom. The fourth-order valence-corrected chi connectivity index (χ4v) is 3.68. The largest absolute Gasteiger partial charge is 0.384 e. The molecule has 3 aliphatic heterocycles. The fraction of sp³-hybridized carbons (Fsp3) is 0.600. The number of para-hydroxylation sites is 1. The molecule has 2 fully saturated rings. The van der Waals surface area contributed by atoms with Gasteiger partial charge in [0.05, 0.1) is 12.2 Å². The van der Waals surface area contributed by atoms with Crippen LogP contribution in [0, 0.1) is 0 Å². The molecule has 0 radical (unpaired) electrons. The van der Waals surface area contributed by atoms with Crippen LogP contribution in [-0.2, 0) is 4.74 Å². The summed E-state index contributed by atoms with van der Waals surface area (Å²) in [6.07, 6.45) is 3.54. The van der Waals surface area contributed by atoms with Crippen molar-refractivity contribution in [3.63, 3.8) is 0 Å². The van der Waals surface area contributed by atoms with Gasteiger partial charge in [-0.3, -0.25) is 4.90 Å². The molecule has 0 spiro atoms. The summed E-state index contributed by atoms with van der Waals surface area (Å²) in [6, 6.07) is 8.73. The maximum absolute atomic E-state index is 5.90. The Morgan fingerprint density at radius 2 is 1.94 bits per heavy atom. The Labute approximate surface area is 108 Å². The molecule has 3 aliphatic rings. The number of hydrogen-bond acceptors (Lipinski definition) is 3. The summed E-state index contributed by atoms with van der Waals surface area (Å²) in [5, 5.41) is 3.52. The van der Waals surface area contributed by atoms with E-state index >= 15 is 0 Å². The first-order valence-electron chi connectivity index (χ1n) is 7.09. The summed E-state index contributed by atoms with van der Waals surface area (Å²) in [5.41, 5.74) is 2.83. The van der Waals surface area contributed by atoms with Gasteiger partial charge in [0.2, 0.25) is 0 Å². The molecular formula is C15H20N2O. The molecule has 3 nitrogen and oxygen atoms in total. The Bertz CT molecular complexity index is 436. The second kappa shape index (κ2) is 4.25. The molecule has 0 amide bonds. The van der Waals surface area contributed by atoms with E-state index in [0.29, 0.717) is 18.1 Å². The third-order valence-electron chi connectivity index (χ3n) is 4.54. The lowest BCUT2D eigenvalue weighted by Crippen LogP contribution is -2.44.